The molecule has 2 aromatic heterocycles. The molecule has 0 amide bonds. The Kier molecular flexibility index (Phi) is 2.52. The number of tetrazole rings is 1. The molecule has 0 bridgehead atoms. The Hall–Kier alpha value is -2.70. The Balaban J connectivity index is 2.17. The number of nitrogen functional groups attached to an aromatic ring is 1. The van der Waals surface area contributed by atoms with E-state index in [1.165, 1.54) is 0 Å². The van der Waals surface area contributed by atoms with E-state index in [9.17, 15) is 0 Å². The van der Waals surface area contributed by atoms with Crippen LogP contribution < -0.4 is 5.73 Å². The standard InChI is InChI=1S/C12H13N7/c1-8-3-4-9(13)5-11(8)12-15-16-17-19(12)10-6-14-18(2)7-10/h3-7H,13H2,1-2H3. The number of rotatable bonds is 2. The van der Waals surface area contributed by atoms with Gasteiger partial charge in [0.1, 0.15) is 5.69 Å². The number of hydrogen-bond acceptors (Lipinski definition) is 5. The number of benzene rings is 1. The minimum Gasteiger partial charge on any atom is -0.399 e. The summed E-state index contributed by atoms with van der Waals surface area (Å²) in [5.41, 5.74) is 9.30. The molecule has 0 atom stereocenters. The van der Waals surface area contributed by atoms with Crippen LogP contribution in [0, 0.1) is 6.92 Å². The minimum absolute atomic E-state index is 0.651. The van der Waals surface area contributed by atoms with Crippen molar-refractivity contribution in [3.8, 4) is 17.1 Å². The van der Waals surface area contributed by atoms with Crippen molar-refractivity contribution < 1.29 is 0 Å². The first-order chi connectivity index (χ1) is 9.15. The molecule has 19 heavy (non-hydrogen) atoms. The molecule has 0 spiro atoms. The zero-order chi connectivity index (χ0) is 13.4. The lowest BCUT2D eigenvalue weighted by Crippen LogP contribution is -2.00. The molecular formula is C12H13N7. The van der Waals surface area contributed by atoms with Gasteiger partial charge in [-0.05, 0) is 35.0 Å². The van der Waals surface area contributed by atoms with Crippen molar-refractivity contribution in [1.82, 2.24) is 30.0 Å². The summed E-state index contributed by atoms with van der Waals surface area (Å²) in [4.78, 5) is 0. The third-order valence-electron chi connectivity index (χ3n) is 2.91. The van der Waals surface area contributed by atoms with Crippen LogP contribution in [0.2, 0.25) is 0 Å². The van der Waals surface area contributed by atoms with Crippen molar-refractivity contribution in [1.29, 1.82) is 0 Å². The fraction of sp³-hybridized carbons (Fsp3) is 0.167. The maximum absolute atomic E-state index is 5.83. The van der Waals surface area contributed by atoms with Gasteiger partial charge in [-0.25, -0.2) is 0 Å². The molecule has 0 aliphatic heterocycles. The molecule has 0 radical (unpaired) electrons. The predicted octanol–water partition coefficient (Wildman–Crippen LogP) is 0.953. The van der Waals surface area contributed by atoms with Crippen LogP contribution in [0.15, 0.2) is 30.6 Å². The molecule has 3 aromatic rings. The van der Waals surface area contributed by atoms with Crippen LogP contribution in [0.1, 0.15) is 5.56 Å². The van der Waals surface area contributed by atoms with Gasteiger partial charge in [-0.2, -0.15) is 9.78 Å². The van der Waals surface area contributed by atoms with E-state index in [0.29, 0.717) is 11.5 Å². The number of nitrogens with two attached hydrogens (primary N) is 1. The highest BCUT2D eigenvalue weighted by Crippen LogP contribution is 2.24. The zero-order valence-corrected chi connectivity index (χ0v) is 10.6. The number of nitrogens with zero attached hydrogens (tertiary/aromatic N) is 6. The summed E-state index contributed by atoms with van der Waals surface area (Å²) in [5.74, 6) is 0.651. The first-order valence-electron chi connectivity index (χ1n) is 5.79. The van der Waals surface area contributed by atoms with Crippen LogP contribution >= 0.6 is 0 Å². The molecular weight excluding hydrogens is 242 g/mol. The monoisotopic (exact) mass is 255 g/mol. The van der Waals surface area contributed by atoms with Gasteiger partial charge in [0.25, 0.3) is 0 Å². The quantitative estimate of drug-likeness (QED) is 0.689. The predicted molar refractivity (Wildman–Crippen MR) is 70.5 cm³/mol. The lowest BCUT2D eigenvalue weighted by atomic mass is 10.1. The van der Waals surface area contributed by atoms with Gasteiger partial charge in [-0.3, -0.25) is 4.68 Å². The molecule has 0 fully saturated rings. The van der Waals surface area contributed by atoms with Crippen LogP contribution in [-0.2, 0) is 7.05 Å². The summed E-state index contributed by atoms with van der Waals surface area (Å²) >= 11 is 0. The number of anilines is 1. The lowest BCUT2D eigenvalue weighted by Gasteiger charge is -2.06. The maximum Gasteiger partial charge on any atom is 0.187 e. The SMILES string of the molecule is Cc1ccc(N)cc1-c1nnnn1-c1cnn(C)c1. The lowest BCUT2D eigenvalue weighted by molar-refractivity contribution is 0.762. The van der Waals surface area contributed by atoms with Gasteiger partial charge in [0.05, 0.1) is 12.4 Å². The maximum atomic E-state index is 5.83. The van der Waals surface area contributed by atoms with Crippen LogP contribution in [0.5, 0.6) is 0 Å². The minimum atomic E-state index is 0.651. The number of hydrogen-bond donors (Lipinski definition) is 1. The van der Waals surface area contributed by atoms with Crippen molar-refractivity contribution >= 4 is 5.69 Å². The van der Waals surface area contributed by atoms with E-state index in [1.807, 2.05) is 38.4 Å². The van der Waals surface area contributed by atoms with E-state index < -0.39 is 0 Å². The Labute approximate surface area is 109 Å². The molecule has 0 unspecified atom stereocenters. The summed E-state index contributed by atoms with van der Waals surface area (Å²) in [5, 5.41) is 16.0. The average Bonchev–Trinajstić information content (AvgIpc) is 3.00. The number of aryl methyl sites for hydroxylation is 2. The molecule has 96 valence electrons. The first kappa shape index (κ1) is 11.4. The van der Waals surface area contributed by atoms with Gasteiger partial charge in [0, 0.05) is 18.3 Å². The van der Waals surface area contributed by atoms with E-state index in [2.05, 4.69) is 20.6 Å². The highest BCUT2D eigenvalue weighted by molar-refractivity contribution is 5.66. The van der Waals surface area contributed by atoms with Gasteiger partial charge < -0.3 is 5.73 Å². The van der Waals surface area contributed by atoms with Crippen LogP contribution in [0.3, 0.4) is 0 Å². The Bertz CT molecular complexity index is 725. The van der Waals surface area contributed by atoms with E-state index >= 15 is 0 Å². The molecule has 2 N–H and O–H groups in total. The first-order valence-corrected chi connectivity index (χ1v) is 5.79. The molecule has 0 saturated heterocycles. The van der Waals surface area contributed by atoms with Crippen molar-refractivity contribution in [2.24, 2.45) is 7.05 Å². The molecule has 0 saturated carbocycles. The summed E-state index contributed by atoms with van der Waals surface area (Å²) < 4.78 is 3.35. The molecule has 7 heteroatoms. The van der Waals surface area contributed by atoms with Crippen molar-refractivity contribution in [3.05, 3.63) is 36.2 Å². The molecule has 2 heterocycles. The summed E-state index contributed by atoms with van der Waals surface area (Å²) in [6, 6.07) is 5.68. The van der Waals surface area contributed by atoms with Gasteiger partial charge in [0.2, 0.25) is 0 Å². The van der Waals surface area contributed by atoms with E-state index in [1.54, 1.807) is 15.6 Å². The fourth-order valence-electron chi connectivity index (χ4n) is 1.93. The second-order valence-corrected chi connectivity index (χ2v) is 4.36. The van der Waals surface area contributed by atoms with Gasteiger partial charge in [-0.1, -0.05) is 6.07 Å². The van der Waals surface area contributed by atoms with Gasteiger partial charge >= 0.3 is 0 Å². The Morgan fingerprint density at radius 2 is 2.11 bits per heavy atom. The fourth-order valence-corrected chi connectivity index (χ4v) is 1.93. The molecule has 7 nitrogen and oxygen atoms in total. The Morgan fingerprint density at radius 3 is 2.84 bits per heavy atom. The second-order valence-electron chi connectivity index (χ2n) is 4.36. The van der Waals surface area contributed by atoms with Crippen LogP contribution in [-0.4, -0.2) is 30.0 Å². The van der Waals surface area contributed by atoms with Crippen molar-refractivity contribution in [2.45, 2.75) is 6.92 Å². The second kappa shape index (κ2) is 4.20. The zero-order valence-electron chi connectivity index (χ0n) is 10.6. The van der Waals surface area contributed by atoms with E-state index in [0.717, 1.165) is 16.8 Å². The van der Waals surface area contributed by atoms with E-state index in [-0.39, 0.29) is 0 Å². The third kappa shape index (κ3) is 1.95. The summed E-state index contributed by atoms with van der Waals surface area (Å²) in [7, 11) is 1.85. The van der Waals surface area contributed by atoms with E-state index in [4.69, 9.17) is 5.73 Å². The highest BCUT2D eigenvalue weighted by atomic mass is 15.5. The highest BCUT2D eigenvalue weighted by Gasteiger charge is 2.14. The molecule has 1 aromatic carbocycles. The third-order valence-corrected chi connectivity index (χ3v) is 2.91. The Morgan fingerprint density at radius 1 is 1.26 bits per heavy atom. The van der Waals surface area contributed by atoms with Crippen LogP contribution in [0.4, 0.5) is 5.69 Å². The number of aromatic nitrogens is 6. The molecule has 0 aliphatic carbocycles. The summed E-state index contributed by atoms with van der Waals surface area (Å²) in [6.07, 6.45) is 3.56. The van der Waals surface area contributed by atoms with Crippen LogP contribution in [0.25, 0.3) is 17.1 Å². The largest absolute Gasteiger partial charge is 0.399 e. The molecule has 3 rings (SSSR count). The topological polar surface area (TPSA) is 87.4 Å². The average molecular weight is 255 g/mol. The molecule has 0 aliphatic rings. The van der Waals surface area contributed by atoms with Crippen molar-refractivity contribution in [3.63, 3.8) is 0 Å². The normalized spacial score (nSPS) is 10.8. The van der Waals surface area contributed by atoms with Crippen molar-refractivity contribution in [2.75, 3.05) is 5.73 Å². The summed E-state index contributed by atoms with van der Waals surface area (Å²) in [6.45, 7) is 2.00. The smallest absolute Gasteiger partial charge is 0.187 e. The van der Waals surface area contributed by atoms with Gasteiger partial charge in [-0.15, -0.1) is 5.10 Å². The van der Waals surface area contributed by atoms with Gasteiger partial charge in [0.15, 0.2) is 5.82 Å².